The Hall–Kier alpha value is -0.620. The Morgan fingerprint density at radius 2 is 2.45 bits per heavy atom. The lowest BCUT2D eigenvalue weighted by atomic mass is 9.94. The monoisotopic (exact) mass is 156 g/mol. The van der Waals surface area contributed by atoms with E-state index in [9.17, 15) is 4.39 Å². The number of piperidine rings is 1. The van der Waals surface area contributed by atoms with Gasteiger partial charge < -0.3 is 4.90 Å². The summed E-state index contributed by atoms with van der Waals surface area (Å²) in [5.74, 6) is -0.0567. The molecule has 0 amide bonds. The van der Waals surface area contributed by atoms with Crippen LogP contribution < -0.4 is 0 Å². The van der Waals surface area contributed by atoms with Gasteiger partial charge in [-0.25, -0.2) is 4.39 Å². The fourth-order valence-electron chi connectivity index (χ4n) is 1.50. The number of hydrogen-bond donors (Lipinski definition) is 0. The summed E-state index contributed by atoms with van der Waals surface area (Å²) in [6.45, 7) is 1.55. The van der Waals surface area contributed by atoms with Crippen LogP contribution in [0.25, 0.3) is 0 Å². The third-order valence-electron chi connectivity index (χ3n) is 2.20. The minimum Gasteiger partial charge on any atom is -0.306 e. The molecular formula is C8H13FN2. The Labute approximate surface area is 66.6 Å². The molecule has 0 aliphatic carbocycles. The molecule has 2 atom stereocenters. The zero-order valence-electron chi connectivity index (χ0n) is 6.76. The third kappa shape index (κ3) is 2.16. The van der Waals surface area contributed by atoms with Crippen LogP contribution in [-0.4, -0.2) is 31.2 Å². The standard InChI is InChI=1S/C8H13FN2/c1-11-5-3-8(9)7(6-11)2-4-10/h7-8H,2-3,5-6H2,1H3/t7-,8-/m1/s1. The van der Waals surface area contributed by atoms with E-state index in [-0.39, 0.29) is 5.92 Å². The Morgan fingerprint density at radius 3 is 3.09 bits per heavy atom. The topological polar surface area (TPSA) is 27.0 Å². The van der Waals surface area contributed by atoms with E-state index < -0.39 is 6.17 Å². The van der Waals surface area contributed by atoms with Crippen molar-refractivity contribution in [3.05, 3.63) is 0 Å². The van der Waals surface area contributed by atoms with Crippen molar-refractivity contribution >= 4 is 0 Å². The molecule has 0 aromatic rings. The van der Waals surface area contributed by atoms with E-state index in [4.69, 9.17) is 5.26 Å². The summed E-state index contributed by atoms with van der Waals surface area (Å²) in [7, 11) is 1.97. The molecule has 0 radical (unpaired) electrons. The zero-order chi connectivity index (χ0) is 8.27. The van der Waals surface area contributed by atoms with E-state index in [1.165, 1.54) is 0 Å². The van der Waals surface area contributed by atoms with Crippen molar-refractivity contribution in [1.29, 1.82) is 5.26 Å². The van der Waals surface area contributed by atoms with Gasteiger partial charge in [-0.1, -0.05) is 0 Å². The van der Waals surface area contributed by atoms with Gasteiger partial charge >= 0.3 is 0 Å². The molecule has 62 valence electrons. The third-order valence-corrected chi connectivity index (χ3v) is 2.20. The van der Waals surface area contributed by atoms with Crippen LogP contribution in [-0.2, 0) is 0 Å². The molecule has 2 nitrogen and oxygen atoms in total. The average molecular weight is 156 g/mol. The molecule has 0 bridgehead atoms. The minimum absolute atomic E-state index is 0.0567. The quantitative estimate of drug-likeness (QED) is 0.570. The van der Waals surface area contributed by atoms with Crippen LogP contribution >= 0.6 is 0 Å². The van der Waals surface area contributed by atoms with Crippen LogP contribution in [0.3, 0.4) is 0 Å². The van der Waals surface area contributed by atoms with Gasteiger partial charge in [-0.2, -0.15) is 5.26 Å². The van der Waals surface area contributed by atoms with Gasteiger partial charge in [-0.15, -0.1) is 0 Å². The van der Waals surface area contributed by atoms with Crippen LogP contribution in [0.4, 0.5) is 4.39 Å². The fraction of sp³-hybridized carbons (Fsp3) is 0.875. The van der Waals surface area contributed by atoms with E-state index in [2.05, 4.69) is 4.90 Å². The molecule has 0 unspecified atom stereocenters. The largest absolute Gasteiger partial charge is 0.306 e. The van der Waals surface area contributed by atoms with Gasteiger partial charge in [0, 0.05) is 25.4 Å². The number of nitrogens with zero attached hydrogens (tertiary/aromatic N) is 2. The molecule has 0 N–H and O–H groups in total. The molecule has 11 heavy (non-hydrogen) atoms. The van der Waals surface area contributed by atoms with Crippen molar-refractivity contribution < 1.29 is 4.39 Å². The minimum atomic E-state index is -0.758. The summed E-state index contributed by atoms with van der Waals surface area (Å²) in [4.78, 5) is 2.08. The van der Waals surface area contributed by atoms with Crippen LogP contribution in [0.2, 0.25) is 0 Å². The van der Waals surface area contributed by atoms with E-state index in [0.717, 1.165) is 13.1 Å². The normalized spacial score (nSPS) is 33.2. The van der Waals surface area contributed by atoms with Crippen molar-refractivity contribution in [2.24, 2.45) is 5.92 Å². The lowest BCUT2D eigenvalue weighted by Gasteiger charge is -2.31. The lowest BCUT2D eigenvalue weighted by molar-refractivity contribution is 0.107. The summed E-state index contributed by atoms with van der Waals surface area (Å²) >= 11 is 0. The van der Waals surface area contributed by atoms with Crippen LogP contribution in [0, 0.1) is 17.2 Å². The Balaban J connectivity index is 2.42. The van der Waals surface area contributed by atoms with Gasteiger partial charge in [0.05, 0.1) is 6.07 Å². The Bertz CT molecular complexity index is 164. The van der Waals surface area contributed by atoms with Gasteiger partial charge in [0.15, 0.2) is 0 Å². The SMILES string of the molecule is CN1CC[C@@H](F)[C@H](CC#N)C1. The van der Waals surface area contributed by atoms with Gasteiger partial charge in [0.25, 0.3) is 0 Å². The molecule has 3 heteroatoms. The summed E-state index contributed by atoms with van der Waals surface area (Å²) in [5, 5.41) is 8.39. The molecule has 1 fully saturated rings. The van der Waals surface area contributed by atoms with Gasteiger partial charge in [-0.3, -0.25) is 0 Å². The van der Waals surface area contributed by atoms with Crippen molar-refractivity contribution in [3.8, 4) is 6.07 Å². The Morgan fingerprint density at radius 1 is 1.73 bits per heavy atom. The van der Waals surface area contributed by atoms with Gasteiger partial charge in [0.2, 0.25) is 0 Å². The summed E-state index contributed by atoms with van der Waals surface area (Å²) in [5.41, 5.74) is 0. The molecular weight excluding hydrogens is 143 g/mol. The highest BCUT2D eigenvalue weighted by molar-refractivity contribution is 4.85. The van der Waals surface area contributed by atoms with Crippen molar-refractivity contribution in [2.75, 3.05) is 20.1 Å². The Kier molecular flexibility index (Phi) is 2.84. The first kappa shape index (κ1) is 8.48. The fourth-order valence-corrected chi connectivity index (χ4v) is 1.50. The second kappa shape index (κ2) is 3.68. The first-order chi connectivity index (χ1) is 5.24. The van der Waals surface area contributed by atoms with E-state index in [0.29, 0.717) is 12.8 Å². The highest BCUT2D eigenvalue weighted by Crippen LogP contribution is 2.21. The van der Waals surface area contributed by atoms with Crippen LogP contribution in [0.5, 0.6) is 0 Å². The predicted molar refractivity (Wildman–Crippen MR) is 40.7 cm³/mol. The number of halogens is 1. The summed E-state index contributed by atoms with van der Waals surface area (Å²) in [6, 6.07) is 2.02. The second-order valence-corrected chi connectivity index (χ2v) is 3.19. The van der Waals surface area contributed by atoms with Crippen molar-refractivity contribution in [3.63, 3.8) is 0 Å². The van der Waals surface area contributed by atoms with Crippen molar-refractivity contribution in [2.45, 2.75) is 19.0 Å². The highest BCUT2D eigenvalue weighted by Gasteiger charge is 2.26. The zero-order valence-corrected chi connectivity index (χ0v) is 6.76. The molecule has 1 rings (SSSR count). The predicted octanol–water partition coefficient (Wildman–Crippen LogP) is 1.19. The number of rotatable bonds is 1. The van der Waals surface area contributed by atoms with E-state index >= 15 is 0 Å². The summed E-state index contributed by atoms with van der Waals surface area (Å²) in [6.07, 6.45) is 0.180. The average Bonchev–Trinajstić information content (AvgIpc) is 1.98. The number of likely N-dealkylation sites (tertiary alicyclic amines) is 1. The maximum absolute atomic E-state index is 13.0. The van der Waals surface area contributed by atoms with Crippen LogP contribution in [0.15, 0.2) is 0 Å². The molecule has 0 saturated carbocycles. The smallest absolute Gasteiger partial charge is 0.106 e. The first-order valence-electron chi connectivity index (χ1n) is 3.93. The summed E-state index contributed by atoms with van der Waals surface area (Å²) < 4.78 is 13.0. The first-order valence-corrected chi connectivity index (χ1v) is 3.93. The molecule has 1 aliphatic rings. The molecule has 1 heterocycles. The van der Waals surface area contributed by atoms with Gasteiger partial charge in [0.1, 0.15) is 6.17 Å². The molecule has 0 spiro atoms. The molecule has 1 saturated heterocycles. The van der Waals surface area contributed by atoms with E-state index in [1.54, 1.807) is 0 Å². The highest BCUT2D eigenvalue weighted by atomic mass is 19.1. The molecule has 1 aliphatic heterocycles. The van der Waals surface area contributed by atoms with Gasteiger partial charge in [-0.05, 0) is 13.5 Å². The maximum atomic E-state index is 13.0. The molecule has 0 aromatic heterocycles. The second-order valence-electron chi connectivity index (χ2n) is 3.19. The number of alkyl halides is 1. The van der Waals surface area contributed by atoms with E-state index in [1.807, 2.05) is 13.1 Å². The van der Waals surface area contributed by atoms with Crippen LogP contribution in [0.1, 0.15) is 12.8 Å². The number of nitriles is 1. The maximum Gasteiger partial charge on any atom is 0.106 e. The van der Waals surface area contributed by atoms with Crippen molar-refractivity contribution in [1.82, 2.24) is 4.90 Å². The molecule has 0 aromatic carbocycles. The number of hydrogen-bond acceptors (Lipinski definition) is 2. The lowest BCUT2D eigenvalue weighted by Crippen LogP contribution is -2.38.